The Morgan fingerprint density at radius 1 is 1.61 bits per heavy atom. The third-order valence-electron chi connectivity index (χ3n) is 1.82. The maximum absolute atomic E-state index is 13.3. The minimum absolute atomic E-state index is 0.0451. The second-order valence-corrected chi connectivity index (χ2v) is 4.46. The summed E-state index contributed by atoms with van der Waals surface area (Å²) in [5.74, 6) is -1.07. The molecule has 1 rings (SSSR count). The van der Waals surface area contributed by atoms with E-state index in [1.54, 1.807) is 6.92 Å². The third kappa shape index (κ3) is 4.14. The Kier molecular flexibility index (Phi) is 5.85. The van der Waals surface area contributed by atoms with Crippen LogP contribution in [0.4, 0.5) is 10.1 Å². The summed E-state index contributed by atoms with van der Waals surface area (Å²) in [5, 5.41) is 0.145. The van der Waals surface area contributed by atoms with E-state index in [0.717, 1.165) is 17.8 Å². The predicted octanol–water partition coefficient (Wildman–Crippen LogP) is 3.10. The second-order valence-electron chi connectivity index (χ2n) is 3.03. The number of hydrogen-bond acceptors (Lipinski definition) is 5. The number of carbonyl (C=O) groups excluding carboxylic acids is 2. The number of thioether (sulfide) groups is 1. The molecule has 4 nitrogen and oxygen atoms in total. The van der Waals surface area contributed by atoms with Crippen LogP contribution in [0.2, 0.25) is 5.02 Å². The molecule has 0 saturated heterocycles. The van der Waals surface area contributed by atoms with Crippen molar-refractivity contribution in [2.24, 2.45) is 4.99 Å². The molecule has 0 unspecified atom stereocenters. The lowest BCUT2D eigenvalue weighted by Crippen LogP contribution is -2.06. The van der Waals surface area contributed by atoms with Gasteiger partial charge in [0.15, 0.2) is 5.82 Å². The minimum Gasteiger partial charge on any atom is -0.465 e. The average Bonchev–Trinajstić information content (AvgIpc) is 2.31. The Hall–Kier alpha value is -1.36. The summed E-state index contributed by atoms with van der Waals surface area (Å²) in [7, 11) is 0. The summed E-state index contributed by atoms with van der Waals surface area (Å²) in [6, 6.07) is 2.32. The Morgan fingerprint density at radius 3 is 2.94 bits per heavy atom. The monoisotopic (exact) mass is 289 g/mol. The molecular formula is C11H9ClFNO3S. The highest BCUT2D eigenvalue weighted by atomic mass is 35.5. The molecule has 1 aromatic carbocycles. The van der Waals surface area contributed by atoms with Crippen molar-refractivity contribution in [1.82, 2.24) is 0 Å². The molecule has 0 fully saturated rings. The lowest BCUT2D eigenvalue weighted by atomic mass is 10.3. The number of hydrogen-bond donors (Lipinski definition) is 0. The quantitative estimate of drug-likeness (QED) is 0.362. The lowest BCUT2D eigenvalue weighted by Gasteiger charge is -2.05. The Bertz CT molecular complexity index is 503. The molecule has 96 valence electrons. The van der Waals surface area contributed by atoms with Gasteiger partial charge in [-0.15, -0.1) is 11.8 Å². The summed E-state index contributed by atoms with van der Waals surface area (Å²) in [4.78, 5) is 24.9. The second kappa shape index (κ2) is 7.16. The largest absolute Gasteiger partial charge is 0.465 e. The van der Waals surface area contributed by atoms with Gasteiger partial charge in [-0.05, 0) is 19.1 Å². The van der Waals surface area contributed by atoms with Gasteiger partial charge >= 0.3 is 5.97 Å². The van der Waals surface area contributed by atoms with Crippen LogP contribution >= 0.6 is 23.4 Å². The number of esters is 1. The maximum Gasteiger partial charge on any atom is 0.316 e. The number of halogens is 2. The topological polar surface area (TPSA) is 55.7 Å². The van der Waals surface area contributed by atoms with E-state index in [1.807, 2.05) is 0 Å². The standard InChI is InChI=1S/C11H9ClFNO3S/c1-2-17-11(16)5-18-10-4-9(14-6-15)8(13)3-7(10)12/h3-4H,2,5H2,1H3. The van der Waals surface area contributed by atoms with Crippen LogP contribution in [-0.2, 0) is 14.3 Å². The molecule has 0 radical (unpaired) electrons. The van der Waals surface area contributed by atoms with Crippen molar-refractivity contribution in [3.63, 3.8) is 0 Å². The molecule has 0 bridgehead atoms. The van der Waals surface area contributed by atoms with Crippen molar-refractivity contribution in [2.75, 3.05) is 12.4 Å². The van der Waals surface area contributed by atoms with Gasteiger partial charge in [0.25, 0.3) is 0 Å². The van der Waals surface area contributed by atoms with E-state index in [4.69, 9.17) is 16.3 Å². The van der Waals surface area contributed by atoms with Gasteiger partial charge < -0.3 is 4.74 Å². The molecule has 0 atom stereocenters. The average molecular weight is 290 g/mol. The van der Waals surface area contributed by atoms with Gasteiger partial charge in [-0.25, -0.2) is 9.18 Å². The molecule has 0 heterocycles. The molecular weight excluding hydrogens is 281 g/mol. The van der Waals surface area contributed by atoms with Crippen molar-refractivity contribution in [3.8, 4) is 0 Å². The van der Waals surface area contributed by atoms with Crippen LogP contribution in [-0.4, -0.2) is 24.4 Å². The van der Waals surface area contributed by atoms with E-state index < -0.39 is 11.8 Å². The van der Waals surface area contributed by atoms with Crippen LogP contribution in [0, 0.1) is 5.82 Å². The van der Waals surface area contributed by atoms with E-state index >= 15 is 0 Å². The van der Waals surface area contributed by atoms with Gasteiger partial charge in [0.05, 0.1) is 17.4 Å². The first-order valence-electron chi connectivity index (χ1n) is 4.93. The third-order valence-corrected chi connectivity index (χ3v) is 3.27. The summed E-state index contributed by atoms with van der Waals surface area (Å²) < 4.78 is 18.0. The first-order chi connectivity index (χ1) is 8.58. The summed E-state index contributed by atoms with van der Waals surface area (Å²) >= 11 is 6.89. The van der Waals surface area contributed by atoms with Crippen molar-refractivity contribution in [2.45, 2.75) is 11.8 Å². The smallest absolute Gasteiger partial charge is 0.316 e. The van der Waals surface area contributed by atoms with Crippen LogP contribution in [0.1, 0.15) is 6.92 Å². The lowest BCUT2D eigenvalue weighted by molar-refractivity contribution is -0.139. The van der Waals surface area contributed by atoms with Gasteiger partial charge in [0.1, 0.15) is 5.69 Å². The van der Waals surface area contributed by atoms with E-state index in [-0.39, 0.29) is 23.1 Å². The fourth-order valence-electron chi connectivity index (χ4n) is 1.10. The maximum atomic E-state index is 13.3. The molecule has 0 N–H and O–H groups in total. The minimum atomic E-state index is -0.719. The van der Waals surface area contributed by atoms with Crippen LogP contribution in [0.3, 0.4) is 0 Å². The number of carbonyl (C=O) groups is 1. The van der Waals surface area contributed by atoms with Crippen molar-refractivity contribution >= 4 is 41.1 Å². The zero-order chi connectivity index (χ0) is 13.5. The molecule has 18 heavy (non-hydrogen) atoms. The predicted molar refractivity (Wildman–Crippen MR) is 66.5 cm³/mol. The Labute approximate surface area is 112 Å². The van der Waals surface area contributed by atoms with Gasteiger partial charge in [0, 0.05) is 4.90 Å². The molecule has 1 aromatic rings. The van der Waals surface area contributed by atoms with Gasteiger partial charge in [-0.2, -0.15) is 4.99 Å². The SMILES string of the molecule is CCOC(=O)CSc1cc(N=C=O)c(F)cc1Cl. The zero-order valence-corrected chi connectivity index (χ0v) is 11.0. The number of nitrogens with zero attached hydrogens (tertiary/aromatic N) is 1. The summed E-state index contributed by atoms with van der Waals surface area (Å²) in [5.41, 5.74) is -0.166. The molecule has 0 spiro atoms. The first kappa shape index (κ1) is 14.7. The van der Waals surface area contributed by atoms with Crippen LogP contribution in [0.25, 0.3) is 0 Å². The van der Waals surface area contributed by atoms with E-state index in [2.05, 4.69) is 4.99 Å². The molecule has 0 aliphatic rings. The Balaban J connectivity index is 2.85. The molecule has 0 aromatic heterocycles. The zero-order valence-electron chi connectivity index (χ0n) is 9.41. The number of rotatable bonds is 5. The fourth-order valence-corrected chi connectivity index (χ4v) is 2.17. The number of benzene rings is 1. The van der Waals surface area contributed by atoms with E-state index in [1.165, 1.54) is 12.1 Å². The van der Waals surface area contributed by atoms with Gasteiger partial charge in [-0.1, -0.05) is 11.6 Å². The molecule has 0 aliphatic heterocycles. The molecule has 7 heteroatoms. The normalized spacial score (nSPS) is 9.72. The van der Waals surface area contributed by atoms with Crippen LogP contribution < -0.4 is 0 Å². The molecule has 0 saturated carbocycles. The van der Waals surface area contributed by atoms with Crippen molar-refractivity contribution < 1.29 is 18.7 Å². The summed E-state index contributed by atoms with van der Waals surface area (Å²) in [6.07, 6.45) is 1.25. The number of ether oxygens (including phenoxy) is 1. The van der Waals surface area contributed by atoms with E-state index in [0.29, 0.717) is 4.90 Å². The van der Waals surface area contributed by atoms with Crippen LogP contribution in [0.15, 0.2) is 22.0 Å². The highest BCUT2D eigenvalue weighted by molar-refractivity contribution is 8.00. The molecule has 0 aliphatic carbocycles. The fraction of sp³-hybridized carbons (Fsp3) is 0.273. The van der Waals surface area contributed by atoms with Crippen molar-refractivity contribution in [3.05, 3.63) is 23.0 Å². The Morgan fingerprint density at radius 2 is 2.33 bits per heavy atom. The number of isocyanates is 1. The highest BCUT2D eigenvalue weighted by Gasteiger charge is 2.11. The van der Waals surface area contributed by atoms with Gasteiger partial charge in [-0.3, -0.25) is 4.79 Å². The number of aliphatic imine (C=N–C) groups is 1. The highest BCUT2D eigenvalue weighted by Crippen LogP contribution is 2.33. The van der Waals surface area contributed by atoms with Crippen LogP contribution in [0.5, 0.6) is 0 Å². The van der Waals surface area contributed by atoms with E-state index in [9.17, 15) is 14.0 Å². The summed E-state index contributed by atoms with van der Waals surface area (Å²) in [6.45, 7) is 1.99. The molecule has 0 amide bonds. The first-order valence-corrected chi connectivity index (χ1v) is 6.30. The van der Waals surface area contributed by atoms with Gasteiger partial charge in [0.2, 0.25) is 6.08 Å². The van der Waals surface area contributed by atoms with Crippen molar-refractivity contribution in [1.29, 1.82) is 0 Å².